The van der Waals surface area contributed by atoms with Crippen molar-refractivity contribution in [2.45, 2.75) is 13.0 Å². The molecule has 4 rings (SSSR count). The molecule has 0 radical (unpaired) electrons. The minimum atomic E-state index is -0.839. The van der Waals surface area contributed by atoms with E-state index in [4.69, 9.17) is 16.3 Å². The zero-order valence-corrected chi connectivity index (χ0v) is 20.6. The van der Waals surface area contributed by atoms with Gasteiger partial charge in [0.2, 0.25) is 0 Å². The van der Waals surface area contributed by atoms with Crippen LogP contribution in [-0.4, -0.2) is 35.1 Å². The van der Waals surface area contributed by atoms with Gasteiger partial charge in [-0.2, -0.15) is 9.78 Å². The van der Waals surface area contributed by atoms with Crippen LogP contribution in [0.25, 0.3) is 22.3 Å². The Balaban J connectivity index is 1.76. The Bertz CT molecular complexity index is 1430. The monoisotopic (exact) mass is 539 g/mol. The molecule has 1 heterocycles. The van der Waals surface area contributed by atoms with Crippen molar-refractivity contribution in [2.75, 3.05) is 7.11 Å². The van der Waals surface area contributed by atoms with E-state index >= 15 is 0 Å². The summed E-state index contributed by atoms with van der Waals surface area (Å²) in [4.78, 5) is 29.6. The number of halogens is 2. The highest BCUT2D eigenvalue weighted by Gasteiger charge is 2.19. The highest BCUT2D eigenvalue weighted by atomic mass is 79.9. The molecule has 0 aliphatic carbocycles. The smallest absolute Gasteiger partial charge is 0.346 e. The molecule has 0 aliphatic heterocycles. The van der Waals surface area contributed by atoms with Crippen LogP contribution in [0.3, 0.4) is 0 Å². The average Bonchev–Trinajstić information content (AvgIpc) is 2.85. The first-order valence-electron chi connectivity index (χ1n) is 10.2. The number of aromatic nitrogens is 2. The Morgan fingerprint density at radius 1 is 1.15 bits per heavy atom. The number of esters is 1. The van der Waals surface area contributed by atoms with Gasteiger partial charge < -0.3 is 9.47 Å². The Morgan fingerprint density at radius 2 is 1.85 bits per heavy atom. The summed E-state index contributed by atoms with van der Waals surface area (Å²) in [5.41, 5.74) is 1.65. The van der Waals surface area contributed by atoms with Crippen molar-refractivity contribution in [3.63, 3.8) is 0 Å². The van der Waals surface area contributed by atoms with Crippen LogP contribution in [0.2, 0.25) is 5.02 Å². The summed E-state index contributed by atoms with van der Waals surface area (Å²) in [6.45, 7) is 1.56. The molecule has 3 aromatic carbocycles. The second kappa shape index (κ2) is 10.2. The third kappa shape index (κ3) is 4.88. The average molecular weight is 541 g/mol. The van der Waals surface area contributed by atoms with Crippen molar-refractivity contribution >= 4 is 50.6 Å². The maximum atomic E-state index is 13.3. The molecule has 7 nitrogen and oxygen atoms in total. The van der Waals surface area contributed by atoms with Crippen LogP contribution in [0.1, 0.15) is 12.5 Å². The molecule has 0 amide bonds. The van der Waals surface area contributed by atoms with Gasteiger partial charge in [-0.15, -0.1) is 0 Å². The second-order valence-electron chi connectivity index (χ2n) is 7.28. The highest BCUT2D eigenvalue weighted by molar-refractivity contribution is 9.10. The first kappa shape index (κ1) is 23.7. The van der Waals surface area contributed by atoms with Gasteiger partial charge in [0.25, 0.3) is 5.56 Å². The molecular formula is C25H19BrClN3O4. The lowest BCUT2D eigenvalue weighted by atomic mass is 10.2. The second-order valence-corrected chi connectivity index (χ2v) is 8.54. The van der Waals surface area contributed by atoms with Crippen LogP contribution < -0.4 is 10.3 Å². The molecule has 172 valence electrons. The van der Waals surface area contributed by atoms with E-state index in [0.29, 0.717) is 32.5 Å². The fraction of sp³-hybridized carbons (Fsp3) is 0.120. The molecule has 0 saturated carbocycles. The van der Waals surface area contributed by atoms with Gasteiger partial charge in [0, 0.05) is 5.56 Å². The fourth-order valence-corrected chi connectivity index (χ4v) is 4.24. The van der Waals surface area contributed by atoms with E-state index in [0.717, 1.165) is 5.56 Å². The minimum absolute atomic E-state index is 0.263. The van der Waals surface area contributed by atoms with Gasteiger partial charge in [0.15, 0.2) is 17.7 Å². The number of rotatable bonds is 6. The summed E-state index contributed by atoms with van der Waals surface area (Å²) in [6.07, 6.45) is 0.669. The molecule has 0 fully saturated rings. The van der Waals surface area contributed by atoms with Gasteiger partial charge in [-0.1, -0.05) is 54.1 Å². The van der Waals surface area contributed by atoms with Crippen molar-refractivity contribution < 1.29 is 14.3 Å². The number of methoxy groups -OCH3 is 1. The molecule has 1 aromatic heterocycles. The highest BCUT2D eigenvalue weighted by Crippen LogP contribution is 2.35. The maximum absolute atomic E-state index is 13.3. The number of hydrogen-bond acceptors (Lipinski definition) is 6. The fourth-order valence-electron chi connectivity index (χ4n) is 3.29. The van der Waals surface area contributed by atoms with Crippen LogP contribution in [0, 0.1) is 0 Å². The van der Waals surface area contributed by atoms with Crippen molar-refractivity contribution in [2.24, 2.45) is 5.10 Å². The normalized spacial score (nSPS) is 12.1. The predicted molar refractivity (Wildman–Crippen MR) is 136 cm³/mol. The largest absolute Gasteiger partial charge is 0.476 e. The number of benzene rings is 3. The van der Waals surface area contributed by atoms with Crippen LogP contribution >= 0.6 is 27.5 Å². The van der Waals surface area contributed by atoms with E-state index in [-0.39, 0.29) is 10.6 Å². The molecule has 9 heteroatoms. The lowest BCUT2D eigenvalue weighted by molar-refractivity contribution is -0.147. The van der Waals surface area contributed by atoms with Gasteiger partial charge in [-0.3, -0.25) is 4.79 Å². The number of nitrogens with zero attached hydrogens (tertiary/aromatic N) is 3. The van der Waals surface area contributed by atoms with Gasteiger partial charge in [0.1, 0.15) is 0 Å². The molecule has 0 spiro atoms. The van der Waals surface area contributed by atoms with Gasteiger partial charge in [-0.05, 0) is 52.7 Å². The molecule has 0 unspecified atom stereocenters. The predicted octanol–water partition coefficient (Wildman–Crippen LogP) is 5.30. The number of carbonyl (C=O) groups is 1. The summed E-state index contributed by atoms with van der Waals surface area (Å²) in [5, 5.41) is 5.16. The lowest BCUT2D eigenvalue weighted by Crippen LogP contribution is -2.25. The quantitative estimate of drug-likeness (QED) is 0.245. The molecular weight excluding hydrogens is 522 g/mol. The molecule has 4 aromatic rings. The van der Waals surface area contributed by atoms with E-state index in [1.807, 2.05) is 36.4 Å². The number of para-hydroxylation sites is 1. The van der Waals surface area contributed by atoms with Crippen LogP contribution in [0.15, 0.2) is 81.1 Å². The maximum Gasteiger partial charge on any atom is 0.346 e. The van der Waals surface area contributed by atoms with Crippen molar-refractivity contribution in [1.29, 1.82) is 0 Å². The lowest BCUT2D eigenvalue weighted by Gasteiger charge is -2.15. The van der Waals surface area contributed by atoms with E-state index < -0.39 is 12.1 Å². The number of ether oxygens (including phenoxy) is 2. The zero-order valence-electron chi connectivity index (χ0n) is 18.2. The summed E-state index contributed by atoms with van der Waals surface area (Å²) >= 11 is 9.81. The molecule has 0 bridgehead atoms. The van der Waals surface area contributed by atoms with Gasteiger partial charge in [-0.25, -0.2) is 9.78 Å². The SMILES string of the molecule is COC(=O)[C@@H](C)Oc1c(Cl)cc(C=Nn2c(-c3ccccc3)nc3ccccc3c2=O)cc1Br. The Labute approximate surface area is 208 Å². The Hall–Kier alpha value is -3.49. The molecule has 0 N–H and O–H groups in total. The summed E-state index contributed by atoms with van der Waals surface area (Å²) in [6, 6.07) is 19.8. The number of fused-ring (bicyclic) bond motifs is 1. The number of hydrogen-bond donors (Lipinski definition) is 0. The third-order valence-electron chi connectivity index (χ3n) is 4.96. The molecule has 1 atom stereocenters. The first-order chi connectivity index (χ1) is 16.4. The molecule has 0 saturated heterocycles. The minimum Gasteiger partial charge on any atom is -0.476 e. The molecule has 34 heavy (non-hydrogen) atoms. The van der Waals surface area contributed by atoms with E-state index in [9.17, 15) is 9.59 Å². The topological polar surface area (TPSA) is 82.8 Å². The standard InChI is InChI=1S/C25H19BrClN3O4/c1-15(25(32)33-2)34-22-19(26)12-16(13-20(22)27)14-28-30-23(17-8-4-3-5-9-17)29-21-11-7-6-10-18(21)24(30)31/h3-15H,1-2H3/t15-/m1/s1. The zero-order chi connectivity index (χ0) is 24.2. The first-order valence-corrected chi connectivity index (χ1v) is 11.4. The van der Waals surface area contributed by atoms with Crippen LogP contribution in [0.4, 0.5) is 0 Å². The Morgan fingerprint density at radius 3 is 2.56 bits per heavy atom. The van der Waals surface area contributed by atoms with Crippen molar-refractivity contribution in [3.05, 3.63) is 92.1 Å². The van der Waals surface area contributed by atoms with Crippen molar-refractivity contribution in [3.8, 4) is 17.1 Å². The van der Waals surface area contributed by atoms with Crippen LogP contribution in [0.5, 0.6) is 5.75 Å². The Kier molecular flexibility index (Phi) is 7.09. The van der Waals surface area contributed by atoms with Gasteiger partial charge >= 0.3 is 5.97 Å². The summed E-state index contributed by atoms with van der Waals surface area (Å²) in [7, 11) is 1.28. The van der Waals surface area contributed by atoms with Gasteiger partial charge in [0.05, 0.1) is 33.7 Å². The van der Waals surface area contributed by atoms with E-state index in [1.54, 1.807) is 37.3 Å². The third-order valence-corrected chi connectivity index (χ3v) is 5.83. The molecule has 0 aliphatic rings. The van der Waals surface area contributed by atoms with Crippen molar-refractivity contribution in [1.82, 2.24) is 9.66 Å². The van der Waals surface area contributed by atoms with E-state index in [2.05, 4.69) is 30.8 Å². The van der Waals surface area contributed by atoms with E-state index in [1.165, 1.54) is 18.0 Å². The van der Waals surface area contributed by atoms with Crippen LogP contribution in [-0.2, 0) is 9.53 Å². The summed E-state index contributed by atoms with van der Waals surface area (Å²) < 4.78 is 12.1. The number of carbonyl (C=O) groups excluding carboxylic acids is 1. The summed E-state index contributed by atoms with van der Waals surface area (Å²) in [5.74, 6) is 0.189.